The molecule has 184 valence electrons. The molecular weight excluding hydrogens is 464 g/mol. The third-order valence-electron chi connectivity index (χ3n) is 7.21. The number of carbonyl (C=O) groups is 1. The third kappa shape index (κ3) is 4.62. The van der Waals surface area contributed by atoms with Gasteiger partial charge in [0.15, 0.2) is 0 Å². The third-order valence-corrected chi connectivity index (χ3v) is 9.12. The summed E-state index contributed by atoms with van der Waals surface area (Å²) >= 11 is 0. The molecule has 1 atom stereocenters. The maximum atomic E-state index is 13.0. The number of anilines is 1. The van der Waals surface area contributed by atoms with Gasteiger partial charge in [-0.1, -0.05) is 18.1 Å². The highest BCUT2D eigenvalue weighted by Crippen LogP contribution is 2.33. The van der Waals surface area contributed by atoms with Gasteiger partial charge in [0.05, 0.1) is 10.8 Å². The van der Waals surface area contributed by atoms with E-state index in [0.717, 1.165) is 24.1 Å². The smallest absolute Gasteiger partial charge is 0.243 e. The summed E-state index contributed by atoms with van der Waals surface area (Å²) in [6.45, 7) is 7.82. The molecule has 3 aromatic rings. The van der Waals surface area contributed by atoms with Gasteiger partial charge < -0.3 is 9.42 Å². The molecule has 0 aliphatic carbocycles. The summed E-state index contributed by atoms with van der Waals surface area (Å²) in [5, 5.41) is 4.09. The van der Waals surface area contributed by atoms with Crippen molar-refractivity contribution in [3.05, 3.63) is 59.5 Å². The molecule has 0 spiro atoms. The lowest BCUT2D eigenvalue weighted by Gasteiger charge is -2.29. The van der Waals surface area contributed by atoms with Crippen LogP contribution in [0, 0.1) is 19.8 Å². The molecular formula is C26H30N4O4S. The Morgan fingerprint density at radius 2 is 1.71 bits per heavy atom. The average molecular weight is 495 g/mol. The maximum Gasteiger partial charge on any atom is 0.243 e. The van der Waals surface area contributed by atoms with Gasteiger partial charge in [0.25, 0.3) is 0 Å². The van der Waals surface area contributed by atoms with Gasteiger partial charge in [0, 0.05) is 37.3 Å². The monoisotopic (exact) mass is 494 g/mol. The SMILES string of the molecule is Cc1ccc(N2C[C@H](c3nc(-c4ccc(S(=O)(=O)N5CCC(C)CC5)cc4)no3)CC2=O)cc1C. The highest BCUT2D eigenvalue weighted by Gasteiger charge is 2.35. The van der Waals surface area contributed by atoms with E-state index in [2.05, 4.69) is 17.1 Å². The Morgan fingerprint density at radius 3 is 2.40 bits per heavy atom. The lowest BCUT2D eigenvalue weighted by Crippen LogP contribution is -2.37. The zero-order chi connectivity index (χ0) is 24.7. The number of aryl methyl sites for hydroxylation is 2. The summed E-state index contributed by atoms with van der Waals surface area (Å²) in [7, 11) is -3.51. The van der Waals surface area contributed by atoms with Crippen molar-refractivity contribution < 1.29 is 17.7 Å². The van der Waals surface area contributed by atoms with E-state index >= 15 is 0 Å². The van der Waals surface area contributed by atoms with Gasteiger partial charge in [-0.05, 0) is 80.1 Å². The van der Waals surface area contributed by atoms with E-state index < -0.39 is 10.0 Å². The zero-order valence-electron chi connectivity index (χ0n) is 20.3. The Balaban J connectivity index is 1.30. The van der Waals surface area contributed by atoms with Crippen LogP contribution >= 0.6 is 0 Å². The number of rotatable bonds is 5. The quantitative estimate of drug-likeness (QED) is 0.525. The molecule has 0 saturated carbocycles. The number of nitrogens with zero attached hydrogens (tertiary/aromatic N) is 4. The van der Waals surface area contributed by atoms with Crippen LogP contribution < -0.4 is 4.90 Å². The summed E-state index contributed by atoms with van der Waals surface area (Å²) in [5.74, 6) is 1.19. The fourth-order valence-corrected chi connectivity index (χ4v) is 6.15. The second-order valence-corrected chi connectivity index (χ2v) is 11.7. The van der Waals surface area contributed by atoms with Crippen LogP contribution in [-0.2, 0) is 14.8 Å². The second kappa shape index (κ2) is 9.20. The summed E-state index contributed by atoms with van der Waals surface area (Å²) < 4.78 is 33.0. The van der Waals surface area contributed by atoms with Crippen molar-refractivity contribution in [1.82, 2.24) is 14.4 Å². The first-order chi connectivity index (χ1) is 16.7. The Bertz CT molecular complexity index is 1340. The number of piperidine rings is 1. The number of amides is 1. The Morgan fingerprint density at radius 1 is 1.00 bits per heavy atom. The molecule has 35 heavy (non-hydrogen) atoms. The van der Waals surface area contributed by atoms with Gasteiger partial charge >= 0.3 is 0 Å². The minimum absolute atomic E-state index is 0.0275. The van der Waals surface area contributed by atoms with Crippen molar-refractivity contribution >= 4 is 21.6 Å². The van der Waals surface area contributed by atoms with E-state index in [0.29, 0.717) is 49.3 Å². The molecule has 9 heteroatoms. The highest BCUT2D eigenvalue weighted by atomic mass is 32.2. The number of carbonyl (C=O) groups excluding carboxylic acids is 1. The molecule has 8 nitrogen and oxygen atoms in total. The van der Waals surface area contributed by atoms with E-state index in [1.165, 1.54) is 5.56 Å². The van der Waals surface area contributed by atoms with Crippen molar-refractivity contribution in [3.8, 4) is 11.4 Å². The molecule has 0 radical (unpaired) electrons. The Labute approximate surface area is 206 Å². The normalized spacial score (nSPS) is 20.0. The molecule has 2 fully saturated rings. The lowest BCUT2D eigenvalue weighted by molar-refractivity contribution is -0.117. The van der Waals surface area contributed by atoms with E-state index in [-0.39, 0.29) is 16.7 Å². The van der Waals surface area contributed by atoms with Gasteiger partial charge in [-0.2, -0.15) is 9.29 Å². The fourth-order valence-electron chi connectivity index (χ4n) is 4.68. The first-order valence-corrected chi connectivity index (χ1v) is 13.5. The van der Waals surface area contributed by atoms with E-state index in [9.17, 15) is 13.2 Å². The zero-order valence-corrected chi connectivity index (χ0v) is 21.1. The van der Waals surface area contributed by atoms with Crippen molar-refractivity contribution in [2.45, 2.75) is 50.8 Å². The molecule has 1 aromatic heterocycles. The molecule has 2 aromatic carbocycles. The van der Waals surface area contributed by atoms with Gasteiger partial charge in [0.2, 0.25) is 27.6 Å². The van der Waals surface area contributed by atoms with Crippen LogP contribution in [0.15, 0.2) is 51.9 Å². The topological polar surface area (TPSA) is 96.6 Å². The molecule has 3 heterocycles. The molecule has 0 unspecified atom stereocenters. The van der Waals surface area contributed by atoms with E-state index in [4.69, 9.17) is 4.52 Å². The van der Waals surface area contributed by atoms with Crippen molar-refractivity contribution in [1.29, 1.82) is 0 Å². The van der Waals surface area contributed by atoms with Crippen LogP contribution in [0.1, 0.15) is 49.1 Å². The van der Waals surface area contributed by atoms with Gasteiger partial charge in [0.1, 0.15) is 0 Å². The van der Waals surface area contributed by atoms with Crippen LogP contribution in [0.25, 0.3) is 11.4 Å². The summed E-state index contributed by atoms with van der Waals surface area (Å²) in [5.41, 5.74) is 3.86. The largest absolute Gasteiger partial charge is 0.339 e. The summed E-state index contributed by atoms with van der Waals surface area (Å²) in [4.78, 5) is 19.3. The second-order valence-electron chi connectivity index (χ2n) is 9.74. The van der Waals surface area contributed by atoms with Crippen LogP contribution in [0.4, 0.5) is 5.69 Å². The fraction of sp³-hybridized carbons (Fsp3) is 0.423. The maximum absolute atomic E-state index is 13.0. The van der Waals surface area contributed by atoms with E-state index in [1.807, 2.05) is 32.0 Å². The summed E-state index contributed by atoms with van der Waals surface area (Å²) in [6, 6.07) is 12.6. The van der Waals surface area contributed by atoms with Gasteiger partial charge in [-0.15, -0.1) is 0 Å². The number of benzene rings is 2. The molecule has 0 N–H and O–H groups in total. The molecule has 0 bridgehead atoms. The van der Waals surface area contributed by atoms with Crippen molar-refractivity contribution in [3.63, 3.8) is 0 Å². The van der Waals surface area contributed by atoms with E-state index in [1.54, 1.807) is 33.5 Å². The number of hydrogen-bond acceptors (Lipinski definition) is 6. The molecule has 1 amide bonds. The Hall–Kier alpha value is -3.04. The average Bonchev–Trinajstić information content (AvgIpc) is 3.48. The van der Waals surface area contributed by atoms with Crippen LogP contribution in [0.3, 0.4) is 0 Å². The first kappa shape index (κ1) is 23.7. The van der Waals surface area contributed by atoms with Crippen LogP contribution in [0.5, 0.6) is 0 Å². The molecule has 2 aliphatic rings. The van der Waals surface area contributed by atoms with Crippen LogP contribution in [0.2, 0.25) is 0 Å². The summed E-state index contributed by atoms with van der Waals surface area (Å²) in [6.07, 6.45) is 2.07. The highest BCUT2D eigenvalue weighted by molar-refractivity contribution is 7.89. The van der Waals surface area contributed by atoms with Crippen LogP contribution in [-0.4, -0.2) is 48.4 Å². The van der Waals surface area contributed by atoms with Crippen molar-refractivity contribution in [2.75, 3.05) is 24.5 Å². The molecule has 2 aliphatic heterocycles. The van der Waals surface area contributed by atoms with Crippen molar-refractivity contribution in [2.24, 2.45) is 5.92 Å². The standard InChI is InChI=1S/C26H30N4O4S/c1-17-10-12-29(13-11-17)35(32,33)23-8-5-20(6-9-23)25-27-26(34-28-25)21-15-24(31)30(16-21)22-7-4-18(2)19(3)14-22/h4-9,14,17,21H,10-13,15-16H2,1-3H3/t21-/m1/s1. The first-order valence-electron chi connectivity index (χ1n) is 12.0. The number of aromatic nitrogens is 2. The Kier molecular flexibility index (Phi) is 6.23. The van der Waals surface area contributed by atoms with Gasteiger partial charge in [-0.3, -0.25) is 4.79 Å². The van der Waals surface area contributed by atoms with Gasteiger partial charge in [-0.25, -0.2) is 8.42 Å². The molecule has 5 rings (SSSR count). The number of sulfonamides is 1. The lowest BCUT2D eigenvalue weighted by atomic mass is 10.0. The minimum Gasteiger partial charge on any atom is -0.339 e. The predicted octanol–water partition coefficient (Wildman–Crippen LogP) is 4.29. The molecule has 2 saturated heterocycles. The minimum atomic E-state index is -3.51. The number of hydrogen-bond donors (Lipinski definition) is 0. The predicted molar refractivity (Wildman–Crippen MR) is 133 cm³/mol.